The monoisotopic (exact) mass is 275 g/mol. The van der Waals surface area contributed by atoms with E-state index < -0.39 is 6.04 Å². The molecule has 0 spiro atoms. The van der Waals surface area contributed by atoms with Gasteiger partial charge in [-0.25, -0.2) is 0 Å². The molecular weight excluding hydrogens is 258 g/mol. The number of rotatable bonds is 5. The highest BCUT2D eigenvalue weighted by Crippen LogP contribution is 2.28. The number of halogens is 1. The van der Waals surface area contributed by atoms with Crippen LogP contribution in [0.2, 0.25) is 0 Å². The summed E-state index contributed by atoms with van der Waals surface area (Å²) in [5, 5.41) is 9.72. The highest BCUT2D eigenvalue weighted by atomic mass is 35.5. The van der Waals surface area contributed by atoms with Gasteiger partial charge in [-0.05, 0) is 13.0 Å². The molecule has 0 fully saturated rings. The quantitative estimate of drug-likeness (QED) is 0.801. The van der Waals surface area contributed by atoms with E-state index in [2.05, 4.69) is 0 Å². The van der Waals surface area contributed by atoms with Crippen LogP contribution in [-0.4, -0.2) is 24.8 Å². The zero-order chi connectivity index (χ0) is 12.8. The van der Waals surface area contributed by atoms with Gasteiger partial charge >= 0.3 is 5.97 Å². The number of carbonyl (C=O) groups is 1. The predicted molar refractivity (Wildman–Crippen MR) is 70.1 cm³/mol. The number of hydrogen-bond donors (Lipinski definition) is 2. The van der Waals surface area contributed by atoms with Crippen molar-refractivity contribution in [2.75, 3.05) is 13.7 Å². The molecule has 1 aromatic rings. The number of phenols is 1. The molecule has 1 rings (SSSR count). The Hall–Kier alpha value is -1.46. The Morgan fingerprint density at radius 1 is 1.50 bits per heavy atom. The summed E-state index contributed by atoms with van der Waals surface area (Å²) in [5.74, 6) is 0.172. The van der Waals surface area contributed by atoms with E-state index in [9.17, 15) is 9.90 Å². The molecule has 1 atom stereocenters. The van der Waals surface area contributed by atoms with E-state index in [0.717, 1.165) is 0 Å². The normalized spacial score (nSPS) is 11.3. The smallest absolute Gasteiger partial charge is 0.307 e. The lowest BCUT2D eigenvalue weighted by Gasteiger charge is -2.13. The van der Waals surface area contributed by atoms with Crippen LogP contribution < -0.4 is 10.5 Å². The van der Waals surface area contributed by atoms with Crippen LogP contribution in [0.4, 0.5) is 0 Å². The maximum atomic E-state index is 11.3. The topological polar surface area (TPSA) is 81.8 Å². The Morgan fingerprint density at radius 3 is 2.67 bits per heavy atom. The standard InChI is InChI=1S/C12H17NO4.ClH/c1-3-17-12(15)7-10(13)9-5-4-8(16-2)6-11(9)14;/h4-6,10,14H,3,7,13H2,1-2H3;1H/t10-;/m1./s1. The summed E-state index contributed by atoms with van der Waals surface area (Å²) in [6.07, 6.45) is 0.0354. The van der Waals surface area contributed by atoms with Crippen molar-refractivity contribution in [1.82, 2.24) is 0 Å². The SMILES string of the molecule is CCOC(=O)C[C@@H](N)c1ccc(OC)cc1O.Cl. The molecular formula is C12H18ClNO4. The van der Waals surface area contributed by atoms with Gasteiger partial charge in [-0.3, -0.25) is 4.79 Å². The molecule has 0 unspecified atom stereocenters. The first-order valence-corrected chi connectivity index (χ1v) is 5.36. The summed E-state index contributed by atoms with van der Waals surface area (Å²) in [5.41, 5.74) is 6.32. The van der Waals surface area contributed by atoms with Gasteiger partial charge in [-0.15, -0.1) is 12.4 Å². The van der Waals surface area contributed by atoms with Crippen LogP contribution in [-0.2, 0) is 9.53 Å². The number of hydrogen-bond acceptors (Lipinski definition) is 5. The Balaban J connectivity index is 0.00000289. The number of ether oxygens (including phenoxy) is 2. The molecule has 0 saturated carbocycles. The van der Waals surface area contributed by atoms with Crippen LogP contribution in [0.5, 0.6) is 11.5 Å². The Morgan fingerprint density at radius 2 is 2.17 bits per heavy atom. The molecule has 0 saturated heterocycles. The third-order valence-corrected chi connectivity index (χ3v) is 2.33. The third kappa shape index (κ3) is 4.43. The fraction of sp³-hybridized carbons (Fsp3) is 0.417. The summed E-state index contributed by atoms with van der Waals surface area (Å²) >= 11 is 0. The second-order valence-electron chi connectivity index (χ2n) is 3.54. The Bertz CT molecular complexity index is 398. The highest BCUT2D eigenvalue weighted by Gasteiger charge is 2.16. The Kier molecular flexibility index (Phi) is 7.16. The van der Waals surface area contributed by atoms with Gasteiger partial charge in [0, 0.05) is 17.7 Å². The summed E-state index contributed by atoms with van der Waals surface area (Å²) in [7, 11) is 1.51. The predicted octanol–water partition coefficient (Wildman–Crippen LogP) is 1.78. The zero-order valence-electron chi connectivity index (χ0n) is 10.4. The van der Waals surface area contributed by atoms with Gasteiger partial charge in [0.15, 0.2) is 0 Å². The van der Waals surface area contributed by atoms with E-state index in [-0.39, 0.29) is 30.5 Å². The van der Waals surface area contributed by atoms with E-state index in [0.29, 0.717) is 17.9 Å². The molecule has 0 aliphatic heterocycles. The first-order valence-electron chi connectivity index (χ1n) is 5.36. The minimum Gasteiger partial charge on any atom is -0.507 e. The Labute approximate surface area is 112 Å². The lowest BCUT2D eigenvalue weighted by Crippen LogP contribution is -2.17. The van der Waals surface area contributed by atoms with Crippen molar-refractivity contribution in [1.29, 1.82) is 0 Å². The number of esters is 1. The lowest BCUT2D eigenvalue weighted by atomic mass is 10.0. The lowest BCUT2D eigenvalue weighted by molar-refractivity contribution is -0.143. The minimum absolute atomic E-state index is 0. The molecule has 0 heterocycles. The van der Waals surface area contributed by atoms with Gasteiger partial charge in [-0.1, -0.05) is 6.07 Å². The van der Waals surface area contributed by atoms with E-state index in [4.69, 9.17) is 15.2 Å². The van der Waals surface area contributed by atoms with Crippen molar-refractivity contribution in [2.24, 2.45) is 5.73 Å². The van der Waals surface area contributed by atoms with Crippen molar-refractivity contribution in [3.05, 3.63) is 23.8 Å². The number of aromatic hydroxyl groups is 1. The minimum atomic E-state index is -0.583. The van der Waals surface area contributed by atoms with E-state index >= 15 is 0 Å². The first kappa shape index (κ1) is 16.5. The fourth-order valence-electron chi connectivity index (χ4n) is 1.47. The molecule has 0 amide bonds. The zero-order valence-corrected chi connectivity index (χ0v) is 11.2. The molecule has 5 nitrogen and oxygen atoms in total. The van der Waals surface area contributed by atoms with E-state index in [1.165, 1.54) is 13.2 Å². The van der Waals surface area contributed by atoms with Crippen LogP contribution >= 0.6 is 12.4 Å². The number of phenolic OH excluding ortho intramolecular Hbond substituents is 1. The van der Waals surface area contributed by atoms with Crippen LogP contribution in [0.15, 0.2) is 18.2 Å². The van der Waals surface area contributed by atoms with Crippen molar-refractivity contribution in [3.63, 3.8) is 0 Å². The summed E-state index contributed by atoms with van der Waals surface area (Å²) in [4.78, 5) is 11.3. The molecule has 1 aromatic carbocycles. The molecule has 0 radical (unpaired) electrons. The molecule has 3 N–H and O–H groups in total. The fourth-order valence-corrected chi connectivity index (χ4v) is 1.47. The number of methoxy groups -OCH3 is 1. The van der Waals surface area contributed by atoms with Crippen LogP contribution in [0.3, 0.4) is 0 Å². The highest BCUT2D eigenvalue weighted by molar-refractivity contribution is 5.85. The van der Waals surface area contributed by atoms with Crippen molar-refractivity contribution >= 4 is 18.4 Å². The van der Waals surface area contributed by atoms with Crippen LogP contribution in [0, 0.1) is 0 Å². The molecule has 0 aliphatic carbocycles. The summed E-state index contributed by atoms with van der Waals surface area (Å²) in [6, 6.07) is 4.19. The largest absolute Gasteiger partial charge is 0.507 e. The maximum Gasteiger partial charge on any atom is 0.307 e. The molecule has 0 aliphatic rings. The second kappa shape index (κ2) is 7.79. The second-order valence-corrected chi connectivity index (χ2v) is 3.54. The number of nitrogens with two attached hydrogens (primary N) is 1. The van der Waals surface area contributed by atoms with Crippen molar-refractivity contribution < 1.29 is 19.4 Å². The summed E-state index contributed by atoms with van der Waals surface area (Å²) < 4.78 is 9.75. The summed E-state index contributed by atoms with van der Waals surface area (Å²) in [6.45, 7) is 2.05. The van der Waals surface area contributed by atoms with Crippen LogP contribution in [0.1, 0.15) is 24.9 Å². The molecule has 0 aromatic heterocycles. The van der Waals surface area contributed by atoms with Gasteiger partial charge in [-0.2, -0.15) is 0 Å². The van der Waals surface area contributed by atoms with E-state index in [1.54, 1.807) is 19.1 Å². The average Bonchev–Trinajstić information content (AvgIpc) is 2.28. The number of benzene rings is 1. The van der Waals surface area contributed by atoms with Crippen LogP contribution in [0.25, 0.3) is 0 Å². The van der Waals surface area contributed by atoms with Gasteiger partial charge in [0.25, 0.3) is 0 Å². The van der Waals surface area contributed by atoms with E-state index in [1.807, 2.05) is 0 Å². The maximum absolute atomic E-state index is 11.3. The van der Waals surface area contributed by atoms with Gasteiger partial charge in [0.2, 0.25) is 0 Å². The van der Waals surface area contributed by atoms with Crippen molar-refractivity contribution in [2.45, 2.75) is 19.4 Å². The van der Waals surface area contributed by atoms with Gasteiger partial charge < -0.3 is 20.3 Å². The number of carbonyl (C=O) groups excluding carboxylic acids is 1. The average molecular weight is 276 g/mol. The molecule has 6 heteroatoms. The molecule has 0 bridgehead atoms. The molecule has 18 heavy (non-hydrogen) atoms. The first-order chi connectivity index (χ1) is 8.08. The molecule has 102 valence electrons. The third-order valence-electron chi connectivity index (χ3n) is 2.33. The van der Waals surface area contributed by atoms with Gasteiger partial charge in [0.1, 0.15) is 11.5 Å². The van der Waals surface area contributed by atoms with Gasteiger partial charge in [0.05, 0.1) is 20.1 Å². The van der Waals surface area contributed by atoms with Crippen molar-refractivity contribution in [3.8, 4) is 11.5 Å².